The van der Waals surface area contributed by atoms with Crippen LogP contribution in [0.2, 0.25) is 5.02 Å². The molecule has 0 fully saturated rings. The van der Waals surface area contributed by atoms with Crippen LogP contribution in [-0.2, 0) is 4.79 Å². The second-order valence-electron chi connectivity index (χ2n) is 3.98. The third-order valence-electron chi connectivity index (χ3n) is 2.89. The fourth-order valence-electron chi connectivity index (χ4n) is 1.46. The second-order valence-corrected chi connectivity index (χ2v) is 4.42. The van der Waals surface area contributed by atoms with Crippen molar-refractivity contribution in [1.82, 2.24) is 0 Å². The van der Waals surface area contributed by atoms with E-state index in [1.807, 2.05) is 0 Å². The molecule has 0 aromatic heterocycles. The molecule has 3 nitrogen and oxygen atoms in total. The molecule has 0 radical (unpaired) electrons. The molecule has 0 saturated carbocycles. The third kappa shape index (κ3) is 2.97. The van der Waals surface area contributed by atoms with E-state index in [9.17, 15) is 9.90 Å². The lowest BCUT2D eigenvalue weighted by atomic mass is 9.87. The number of halogens is 1. The van der Waals surface area contributed by atoms with Gasteiger partial charge in [0.25, 0.3) is 0 Å². The van der Waals surface area contributed by atoms with Crippen molar-refractivity contribution in [3.05, 3.63) is 34.9 Å². The van der Waals surface area contributed by atoms with Crippen LogP contribution in [-0.4, -0.2) is 16.2 Å². The molecule has 0 spiro atoms. The molecular weight excluding hydrogens is 228 g/mol. The predicted octanol–water partition coefficient (Wildman–Crippen LogP) is 2.73. The summed E-state index contributed by atoms with van der Waals surface area (Å²) in [5.41, 5.74) is 0.685. The first-order chi connectivity index (χ1) is 7.43. The van der Waals surface area contributed by atoms with Gasteiger partial charge >= 0.3 is 5.97 Å². The molecule has 1 rings (SSSR count). The van der Waals surface area contributed by atoms with Gasteiger partial charge in [0.2, 0.25) is 0 Å². The molecule has 2 N–H and O–H groups in total. The summed E-state index contributed by atoms with van der Waals surface area (Å²) in [5.74, 6) is -1.84. The van der Waals surface area contributed by atoms with Gasteiger partial charge in [0, 0.05) is 5.02 Å². The zero-order valence-corrected chi connectivity index (χ0v) is 9.98. The largest absolute Gasteiger partial charge is 0.481 e. The first-order valence-electron chi connectivity index (χ1n) is 5.09. The van der Waals surface area contributed by atoms with Crippen molar-refractivity contribution in [3.8, 4) is 0 Å². The van der Waals surface area contributed by atoms with Crippen LogP contribution in [0.25, 0.3) is 0 Å². The molecular formula is C12H15ClO3. The van der Waals surface area contributed by atoms with Crippen LogP contribution in [0.15, 0.2) is 24.3 Å². The fourth-order valence-corrected chi connectivity index (χ4v) is 1.59. The molecule has 0 aliphatic heterocycles. The number of carboxylic acids is 1. The normalized spacial score (nSPS) is 16.5. The third-order valence-corrected chi connectivity index (χ3v) is 3.14. The summed E-state index contributed by atoms with van der Waals surface area (Å²) in [6, 6.07) is 6.77. The minimum Gasteiger partial charge on any atom is -0.481 e. The van der Waals surface area contributed by atoms with E-state index in [0.29, 0.717) is 10.6 Å². The SMILES string of the molecule is CC(C(=O)O)C(C)C(O)c1ccc(Cl)cc1. The highest BCUT2D eigenvalue weighted by atomic mass is 35.5. The Kier molecular flexibility index (Phi) is 4.33. The van der Waals surface area contributed by atoms with Crippen molar-refractivity contribution in [3.63, 3.8) is 0 Å². The fraction of sp³-hybridized carbons (Fsp3) is 0.417. The van der Waals surface area contributed by atoms with Gasteiger partial charge in [-0.2, -0.15) is 0 Å². The van der Waals surface area contributed by atoms with Crippen molar-refractivity contribution in [2.24, 2.45) is 11.8 Å². The number of aliphatic carboxylic acids is 1. The quantitative estimate of drug-likeness (QED) is 0.854. The molecule has 0 bridgehead atoms. The standard InChI is InChI=1S/C12H15ClO3/c1-7(8(2)12(15)16)11(14)9-3-5-10(13)6-4-9/h3-8,11,14H,1-2H3,(H,15,16). The Morgan fingerprint density at radius 2 is 1.75 bits per heavy atom. The minimum atomic E-state index is -0.902. The van der Waals surface area contributed by atoms with Crippen LogP contribution >= 0.6 is 11.6 Å². The Morgan fingerprint density at radius 3 is 2.19 bits per heavy atom. The van der Waals surface area contributed by atoms with Crippen LogP contribution in [0.5, 0.6) is 0 Å². The van der Waals surface area contributed by atoms with Gasteiger partial charge < -0.3 is 10.2 Å². The van der Waals surface area contributed by atoms with E-state index in [-0.39, 0.29) is 5.92 Å². The Bertz CT molecular complexity index is 361. The number of carbonyl (C=O) groups is 1. The van der Waals surface area contributed by atoms with Crippen LogP contribution in [0.3, 0.4) is 0 Å². The smallest absolute Gasteiger partial charge is 0.306 e. The molecule has 0 saturated heterocycles. The molecule has 1 aromatic carbocycles. The van der Waals surface area contributed by atoms with Gasteiger partial charge in [-0.15, -0.1) is 0 Å². The van der Waals surface area contributed by atoms with E-state index in [0.717, 1.165) is 0 Å². The van der Waals surface area contributed by atoms with E-state index < -0.39 is 18.0 Å². The molecule has 0 heterocycles. The van der Waals surface area contributed by atoms with E-state index in [4.69, 9.17) is 16.7 Å². The highest BCUT2D eigenvalue weighted by Crippen LogP contribution is 2.28. The number of rotatable bonds is 4. The van der Waals surface area contributed by atoms with E-state index in [1.165, 1.54) is 0 Å². The summed E-state index contributed by atoms with van der Waals surface area (Å²) in [7, 11) is 0. The van der Waals surface area contributed by atoms with Crippen LogP contribution < -0.4 is 0 Å². The zero-order chi connectivity index (χ0) is 12.3. The van der Waals surface area contributed by atoms with Gasteiger partial charge in [0.05, 0.1) is 12.0 Å². The first kappa shape index (κ1) is 13.0. The average Bonchev–Trinajstić information content (AvgIpc) is 2.27. The first-order valence-corrected chi connectivity index (χ1v) is 5.47. The summed E-state index contributed by atoms with van der Waals surface area (Å²) in [5, 5.41) is 19.4. The monoisotopic (exact) mass is 242 g/mol. The van der Waals surface area contributed by atoms with E-state index in [1.54, 1.807) is 38.1 Å². The molecule has 1 aromatic rings. The lowest BCUT2D eigenvalue weighted by molar-refractivity contribution is -0.144. The second kappa shape index (κ2) is 5.32. The molecule has 88 valence electrons. The summed E-state index contributed by atoms with van der Waals surface area (Å²) >= 11 is 5.73. The summed E-state index contributed by atoms with van der Waals surface area (Å²) in [4.78, 5) is 10.8. The summed E-state index contributed by atoms with van der Waals surface area (Å²) < 4.78 is 0. The number of aliphatic hydroxyl groups excluding tert-OH is 1. The van der Waals surface area contributed by atoms with Crippen molar-refractivity contribution >= 4 is 17.6 Å². The lowest BCUT2D eigenvalue weighted by Crippen LogP contribution is -2.23. The highest BCUT2D eigenvalue weighted by molar-refractivity contribution is 6.30. The molecule has 3 atom stereocenters. The highest BCUT2D eigenvalue weighted by Gasteiger charge is 2.26. The Morgan fingerprint density at radius 1 is 1.25 bits per heavy atom. The van der Waals surface area contributed by atoms with Crippen LogP contribution in [0.4, 0.5) is 0 Å². The van der Waals surface area contributed by atoms with Crippen molar-refractivity contribution in [2.45, 2.75) is 20.0 Å². The Hall–Kier alpha value is -1.06. The van der Waals surface area contributed by atoms with Gasteiger partial charge in [-0.3, -0.25) is 4.79 Å². The Labute approximate surface area is 99.7 Å². The predicted molar refractivity (Wildman–Crippen MR) is 62.4 cm³/mol. The van der Waals surface area contributed by atoms with Gasteiger partial charge in [-0.1, -0.05) is 37.6 Å². The van der Waals surface area contributed by atoms with E-state index >= 15 is 0 Å². The summed E-state index contributed by atoms with van der Waals surface area (Å²) in [6.07, 6.45) is -0.789. The maximum atomic E-state index is 10.8. The minimum absolute atomic E-state index is 0.348. The van der Waals surface area contributed by atoms with Crippen molar-refractivity contribution in [2.75, 3.05) is 0 Å². The number of hydrogen-bond donors (Lipinski definition) is 2. The molecule has 0 amide bonds. The van der Waals surface area contributed by atoms with Crippen LogP contribution in [0, 0.1) is 11.8 Å². The molecule has 3 unspecified atom stereocenters. The molecule has 4 heteroatoms. The molecule has 0 aliphatic carbocycles. The maximum absolute atomic E-state index is 10.8. The zero-order valence-electron chi connectivity index (χ0n) is 9.22. The number of aliphatic hydroxyl groups is 1. The van der Waals surface area contributed by atoms with Gasteiger partial charge in [0.15, 0.2) is 0 Å². The van der Waals surface area contributed by atoms with Gasteiger partial charge in [-0.25, -0.2) is 0 Å². The summed E-state index contributed by atoms with van der Waals surface area (Å²) in [6.45, 7) is 3.31. The maximum Gasteiger partial charge on any atom is 0.306 e. The van der Waals surface area contributed by atoms with Crippen LogP contribution in [0.1, 0.15) is 25.5 Å². The molecule has 16 heavy (non-hydrogen) atoms. The van der Waals surface area contributed by atoms with Crippen molar-refractivity contribution < 1.29 is 15.0 Å². The number of hydrogen-bond acceptors (Lipinski definition) is 2. The van der Waals surface area contributed by atoms with Gasteiger partial charge in [-0.05, 0) is 23.6 Å². The average molecular weight is 243 g/mol. The van der Waals surface area contributed by atoms with Crippen molar-refractivity contribution in [1.29, 1.82) is 0 Å². The Balaban J connectivity index is 2.81. The van der Waals surface area contributed by atoms with E-state index in [2.05, 4.69) is 0 Å². The van der Waals surface area contributed by atoms with Gasteiger partial charge in [0.1, 0.15) is 0 Å². The number of carboxylic acid groups (broad SMARTS) is 1. The number of benzene rings is 1. The molecule has 0 aliphatic rings. The topological polar surface area (TPSA) is 57.5 Å². The lowest BCUT2D eigenvalue weighted by Gasteiger charge is -2.22.